The lowest BCUT2D eigenvalue weighted by Crippen LogP contribution is -2.06. The number of ether oxygens (including phenoxy) is 2. The normalized spacial score (nSPS) is 10.2. The molecule has 3 heteroatoms. The smallest absolute Gasteiger partial charge is 0.119 e. The summed E-state index contributed by atoms with van der Waals surface area (Å²) in [5.41, 5.74) is 2.37. The van der Waals surface area contributed by atoms with Crippen LogP contribution < -0.4 is 10.1 Å². The number of nitrogens with one attached hydrogen (secondary N) is 1. The summed E-state index contributed by atoms with van der Waals surface area (Å²) in [6, 6.07) is 6.05. The minimum Gasteiger partial charge on any atom is -0.497 e. The molecule has 0 atom stereocenters. The molecule has 1 rings (SSSR count). The van der Waals surface area contributed by atoms with Crippen LogP contribution in [-0.4, -0.2) is 26.9 Å². The summed E-state index contributed by atoms with van der Waals surface area (Å²) in [5.74, 6) is 0.900. The van der Waals surface area contributed by atoms with Gasteiger partial charge in [0.15, 0.2) is 0 Å². The third-order valence-corrected chi connectivity index (χ3v) is 2.42. The fourth-order valence-electron chi connectivity index (χ4n) is 1.50. The van der Waals surface area contributed by atoms with E-state index in [4.69, 9.17) is 9.47 Å². The van der Waals surface area contributed by atoms with Crippen molar-refractivity contribution in [2.24, 2.45) is 0 Å². The molecule has 16 heavy (non-hydrogen) atoms. The summed E-state index contributed by atoms with van der Waals surface area (Å²) in [5, 5.41) is 3.39. The van der Waals surface area contributed by atoms with Crippen LogP contribution in [0.5, 0.6) is 5.75 Å². The molecule has 0 aromatic heterocycles. The van der Waals surface area contributed by atoms with Crippen molar-refractivity contribution in [3.8, 4) is 5.75 Å². The molecule has 0 aliphatic carbocycles. The average Bonchev–Trinajstić information content (AvgIpc) is 2.30. The number of methoxy groups -OCH3 is 1. The first-order chi connectivity index (χ1) is 7.77. The molecule has 0 radical (unpaired) electrons. The van der Waals surface area contributed by atoms with E-state index in [-0.39, 0.29) is 0 Å². The van der Waals surface area contributed by atoms with Crippen molar-refractivity contribution >= 4 is 5.69 Å². The molecule has 0 amide bonds. The molecule has 90 valence electrons. The van der Waals surface area contributed by atoms with Gasteiger partial charge < -0.3 is 14.8 Å². The van der Waals surface area contributed by atoms with Gasteiger partial charge >= 0.3 is 0 Å². The van der Waals surface area contributed by atoms with E-state index in [2.05, 4.69) is 18.3 Å². The lowest BCUT2D eigenvalue weighted by atomic mass is 10.2. The Balaban J connectivity index is 2.36. The van der Waals surface area contributed by atoms with Gasteiger partial charge in [-0.15, -0.1) is 0 Å². The molecular weight excluding hydrogens is 202 g/mol. The van der Waals surface area contributed by atoms with Gasteiger partial charge in [-0.2, -0.15) is 0 Å². The molecule has 3 nitrogen and oxygen atoms in total. The Hall–Kier alpha value is -1.22. The third kappa shape index (κ3) is 4.11. The van der Waals surface area contributed by atoms with Crippen molar-refractivity contribution in [3.63, 3.8) is 0 Å². The summed E-state index contributed by atoms with van der Waals surface area (Å²) in [7, 11) is 1.68. The molecule has 1 aromatic rings. The predicted molar refractivity (Wildman–Crippen MR) is 67.3 cm³/mol. The van der Waals surface area contributed by atoms with Gasteiger partial charge in [0.2, 0.25) is 0 Å². The lowest BCUT2D eigenvalue weighted by molar-refractivity contribution is 0.147. The summed E-state index contributed by atoms with van der Waals surface area (Å²) in [6.07, 6.45) is 1.03. The first-order valence-electron chi connectivity index (χ1n) is 5.74. The molecule has 0 unspecified atom stereocenters. The number of anilines is 1. The van der Waals surface area contributed by atoms with E-state index in [1.165, 1.54) is 5.56 Å². The zero-order valence-corrected chi connectivity index (χ0v) is 10.4. The second-order valence-corrected chi connectivity index (χ2v) is 3.66. The molecule has 0 saturated carbocycles. The van der Waals surface area contributed by atoms with Crippen molar-refractivity contribution < 1.29 is 9.47 Å². The Kier molecular flexibility index (Phi) is 5.72. The quantitative estimate of drug-likeness (QED) is 0.721. The highest BCUT2D eigenvalue weighted by Crippen LogP contribution is 2.20. The van der Waals surface area contributed by atoms with Crippen LogP contribution in [0.15, 0.2) is 18.2 Å². The number of hydrogen-bond acceptors (Lipinski definition) is 3. The Morgan fingerprint density at radius 3 is 2.75 bits per heavy atom. The van der Waals surface area contributed by atoms with Crippen molar-refractivity contribution in [1.29, 1.82) is 0 Å². The van der Waals surface area contributed by atoms with E-state index in [0.29, 0.717) is 0 Å². The average molecular weight is 223 g/mol. The fraction of sp³-hybridized carbons (Fsp3) is 0.538. The van der Waals surface area contributed by atoms with Crippen molar-refractivity contribution in [2.75, 3.05) is 32.2 Å². The Morgan fingerprint density at radius 1 is 1.31 bits per heavy atom. The molecule has 0 aliphatic rings. The fourth-order valence-corrected chi connectivity index (χ4v) is 1.50. The molecule has 0 fully saturated rings. The van der Waals surface area contributed by atoms with Crippen LogP contribution in [0.2, 0.25) is 0 Å². The molecular formula is C13H21NO2. The van der Waals surface area contributed by atoms with E-state index >= 15 is 0 Å². The highest BCUT2D eigenvalue weighted by molar-refractivity contribution is 5.53. The maximum absolute atomic E-state index is 5.28. The van der Waals surface area contributed by atoms with Gasteiger partial charge in [0.05, 0.1) is 7.11 Å². The third-order valence-electron chi connectivity index (χ3n) is 2.42. The van der Waals surface area contributed by atoms with Crippen LogP contribution in [0.3, 0.4) is 0 Å². The largest absolute Gasteiger partial charge is 0.497 e. The molecule has 0 bridgehead atoms. The van der Waals surface area contributed by atoms with Crippen molar-refractivity contribution in [2.45, 2.75) is 20.3 Å². The SMILES string of the molecule is CCOCCCNc1ccc(OC)cc1C. The summed E-state index contributed by atoms with van der Waals surface area (Å²) >= 11 is 0. The van der Waals surface area contributed by atoms with E-state index in [9.17, 15) is 0 Å². The van der Waals surface area contributed by atoms with Gasteiger partial charge in [0, 0.05) is 25.4 Å². The van der Waals surface area contributed by atoms with E-state index in [1.807, 2.05) is 19.1 Å². The number of rotatable bonds is 7. The molecule has 0 aliphatic heterocycles. The van der Waals surface area contributed by atoms with Gasteiger partial charge in [-0.25, -0.2) is 0 Å². The topological polar surface area (TPSA) is 30.5 Å². The van der Waals surface area contributed by atoms with Crippen LogP contribution in [-0.2, 0) is 4.74 Å². The van der Waals surface area contributed by atoms with Crippen LogP contribution in [0.4, 0.5) is 5.69 Å². The monoisotopic (exact) mass is 223 g/mol. The van der Waals surface area contributed by atoms with Crippen LogP contribution in [0.1, 0.15) is 18.9 Å². The maximum atomic E-state index is 5.28. The Morgan fingerprint density at radius 2 is 2.12 bits per heavy atom. The molecule has 0 spiro atoms. The van der Waals surface area contributed by atoms with E-state index in [1.54, 1.807) is 7.11 Å². The standard InChI is InChI=1S/C13H21NO2/c1-4-16-9-5-8-14-13-7-6-12(15-3)10-11(13)2/h6-7,10,14H,4-5,8-9H2,1-3H3. The van der Waals surface area contributed by atoms with Crippen molar-refractivity contribution in [1.82, 2.24) is 0 Å². The number of benzene rings is 1. The minimum atomic E-state index is 0.793. The summed E-state index contributed by atoms with van der Waals surface area (Å²) in [4.78, 5) is 0. The molecule has 0 saturated heterocycles. The maximum Gasteiger partial charge on any atom is 0.119 e. The van der Waals surface area contributed by atoms with Gasteiger partial charge in [0.1, 0.15) is 5.75 Å². The van der Waals surface area contributed by atoms with E-state index in [0.717, 1.165) is 37.6 Å². The highest BCUT2D eigenvalue weighted by atomic mass is 16.5. The summed E-state index contributed by atoms with van der Waals surface area (Å²) < 4.78 is 10.4. The Labute approximate surface area is 97.8 Å². The molecule has 1 N–H and O–H groups in total. The van der Waals surface area contributed by atoms with E-state index < -0.39 is 0 Å². The molecule has 1 aromatic carbocycles. The van der Waals surface area contributed by atoms with Crippen LogP contribution in [0, 0.1) is 6.92 Å². The van der Waals surface area contributed by atoms with Gasteiger partial charge in [-0.3, -0.25) is 0 Å². The van der Waals surface area contributed by atoms with Gasteiger partial charge in [-0.1, -0.05) is 0 Å². The van der Waals surface area contributed by atoms with Crippen LogP contribution in [0.25, 0.3) is 0 Å². The molecule has 0 heterocycles. The minimum absolute atomic E-state index is 0.793. The predicted octanol–water partition coefficient (Wildman–Crippen LogP) is 2.84. The zero-order valence-electron chi connectivity index (χ0n) is 10.4. The van der Waals surface area contributed by atoms with Crippen LogP contribution >= 0.6 is 0 Å². The first-order valence-corrected chi connectivity index (χ1v) is 5.74. The van der Waals surface area contributed by atoms with Gasteiger partial charge in [-0.05, 0) is 44.0 Å². The number of aryl methyl sites for hydroxylation is 1. The lowest BCUT2D eigenvalue weighted by Gasteiger charge is -2.10. The number of hydrogen-bond donors (Lipinski definition) is 1. The second kappa shape index (κ2) is 7.12. The first kappa shape index (κ1) is 12.8. The second-order valence-electron chi connectivity index (χ2n) is 3.66. The van der Waals surface area contributed by atoms with Crippen molar-refractivity contribution in [3.05, 3.63) is 23.8 Å². The van der Waals surface area contributed by atoms with Gasteiger partial charge in [0.25, 0.3) is 0 Å². The highest BCUT2D eigenvalue weighted by Gasteiger charge is 1.99. The Bertz CT molecular complexity index is 313. The zero-order chi connectivity index (χ0) is 11.8. The summed E-state index contributed by atoms with van der Waals surface area (Å²) in [6.45, 7) is 6.64.